The number of carbonyl (C=O) groups excluding carboxylic acids is 1. The Morgan fingerprint density at radius 2 is 1.97 bits per heavy atom. The van der Waals surface area contributed by atoms with Crippen molar-refractivity contribution >= 4 is 57.3 Å². The molecule has 0 spiro atoms. The highest BCUT2D eigenvalue weighted by Gasteiger charge is 2.15. The van der Waals surface area contributed by atoms with Gasteiger partial charge < -0.3 is 14.6 Å². The molecule has 1 amide bonds. The van der Waals surface area contributed by atoms with Crippen LogP contribution in [0.3, 0.4) is 0 Å². The van der Waals surface area contributed by atoms with Crippen molar-refractivity contribution in [2.24, 2.45) is 0 Å². The number of thioether (sulfide) groups is 1. The third kappa shape index (κ3) is 6.09. The normalized spacial score (nSPS) is 10.9. The molecule has 0 radical (unpaired) electrons. The Balaban J connectivity index is 1.32. The number of amides is 1. The van der Waals surface area contributed by atoms with Gasteiger partial charge in [-0.2, -0.15) is 0 Å². The minimum absolute atomic E-state index is 0.165. The van der Waals surface area contributed by atoms with Crippen LogP contribution in [-0.2, 0) is 17.9 Å². The van der Waals surface area contributed by atoms with Gasteiger partial charge in [0.25, 0.3) is 0 Å². The Morgan fingerprint density at radius 3 is 2.71 bits per heavy atom. The highest BCUT2D eigenvalue weighted by Crippen LogP contribution is 2.27. The number of ether oxygens (including phenoxy) is 1. The molecule has 0 aliphatic carbocycles. The molecule has 0 atom stereocenters. The molecule has 0 aliphatic heterocycles. The summed E-state index contributed by atoms with van der Waals surface area (Å²) in [4.78, 5) is 17.0. The number of thiazole rings is 1. The number of hydrogen-bond acceptors (Lipinski definition) is 7. The molecule has 2 heterocycles. The van der Waals surface area contributed by atoms with Gasteiger partial charge in [0.2, 0.25) is 5.91 Å². The summed E-state index contributed by atoms with van der Waals surface area (Å²) in [6, 6.07) is 12.9. The molecule has 0 unspecified atom stereocenters. The molecule has 11 heteroatoms. The van der Waals surface area contributed by atoms with Crippen LogP contribution in [0.1, 0.15) is 18.3 Å². The molecule has 2 aromatic heterocycles. The first-order chi connectivity index (χ1) is 16.4. The molecule has 176 valence electrons. The molecule has 4 aromatic rings. The van der Waals surface area contributed by atoms with E-state index in [1.54, 1.807) is 6.07 Å². The summed E-state index contributed by atoms with van der Waals surface area (Å²) in [5, 5.41) is 15.8. The molecular formula is C23H21Cl2N5O2S2. The molecule has 0 aliphatic rings. The van der Waals surface area contributed by atoms with E-state index in [2.05, 4.69) is 20.5 Å². The second-order valence-corrected chi connectivity index (χ2v) is 9.87. The number of nitrogens with zero attached hydrogens (tertiary/aromatic N) is 4. The Morgan fingerprint density at radius 1 is 1.18 bits per heavy atom. The third-order valence-corrected chi connectivity index (χ3v) is 7.23. The van der Waals surface area contributed by atoms with Crippen molar-refractivity contribution in [3.05, 3.63) is 69.3 Å². The zero-order valence-electron chi connectivity index (χ0n) is 18.4. The molecule has 1 N–H and O–H groups in total. The van der Waals surface area contributed by atoms with Gasteiger partial charge in [-0.1, -0.05) is 47.1 Å². The van der Waals surface area contributed by atoms with Crippen LogP contribution in [0.15, 0.2) is 53.0 Å². The third-order valence-electron chi connectivity index (χ3n) is 4.83. The number of aromatic nitrogens is 4. The summed E-state index contributed by atoms with van der Waals surface area (Å²) < 4.78 is 7.78. The van der Waals surface area contributed by atoms with Gasteiger partial charge in [-0.3, -0.25) is 4.79 Å². The SMILES string of the molecule is CCn1c(COc2ccc(Cl)c(C)c2)nnc1SCC(=O)Nc1nc(-c2ccc(Cl)cc2)cs1. The summed E-state index contributed by atoms with van der Waals surface area (Å²) >= 11 is 14.7. The van der Waals surface area contributed by atoms with Gasteiger partial charge >= 0.3 is 0 Å². The Hall–Kier alpha value is -2.59. The van der Waals surface area contributed by atoms with E-state index < -0.39 is 0 Å². The van der Waals surface area contributed by atoms with Gasteiger partial charge in [-0.05, 0) is 49.7 Å². The molecular weight excluding hydrogens is 513 g/mol. The fraction of sp³-hybridized carbons (Fsp3) is 0.217. The van der Waals surface area contributed by atoms with Crippen LogP contribution in [0.5, 0.6) is 5.75 Å². The van der Waals surface area contributed by atoms with Gasteiger partial charge in [0.05, 0.1) is 11.4 Å². The lowest BCUT2D eigenvalue weighted by Gasteiger charge is -2.09. The molecule has 0 saturated heterocycles. The standard InChI is InChI=1S/C23H21Cl2N5O2S2/c1-3-30-20(11-32-17-8-9-18(25)14(2)10-17)28-29-23(30)34-13-21(31)27-22-26-19(12-33-22)15-4-6-16(24)7-5-15/h4-10,12H,3,11,13H2,1-2H3,(H,26,27,31). The zero-order valence-corrected chi connectivity index (χ0v) is 21.6. The van der Waals surface area contributed by atoms with E-state index in [4.69, 9.17) is 27.9 Å². The quantitative estimate of drug-likeness (QED) is 0.252. The molecule has 0 saturated carbocycles. The van der Waals surface area contributed by atoms with Crippen LogP contribution in [0.2, 0.25) is 10.0 Å². The minimum atomic E-state index is -0.165. The lowest BCUT2D eigenvalue weighted by atomic mass is 10.2. The lowest BCUT2D eigenvalue weighted by molar-refractivity contribution is -0.113. The van der Waals surface area contributed by atoms with E-state index in [-0.39, 0.29) is 18.3 Å². The number of benzene rings is 2. The van der Waals surface area contributed by atoms with Gasteiger partial charge in [0.15, 0.2) is 16.1 Å². The van der Waals surface area contributed by atoms with Crippen LogP contribution in [-0.4, -0.2) is 31.4 Å². The van der Waals surface area contributed by atoms with Crippen molar-refractivity contribution in [1.29, 1.82) is 0 Å². The van der Waals surface area contributed by atoms with Crippen LogP contribution < -0.4 is 10.1 Å². The zero-order chi connectivity index (χ0) is 24.1. The van der Waals surface area contributed by atoms with Crippen molar-refractivity contribution in [1.82, 2.24) is 19.7 Å². The highest BCUT2D eigenvalue weighted by molar-refractivity contribution is 7.99. The van der Waals surface area contributed by atoms with Crippen LogP contribution in [0.4, 0.5) is 5.13 Å². The summed E-state index contributed by atoms with van der Waals surface area (Å²) in [6.07, 6.45) is 0. The van der Waals surface area contributed by atoms with Crippen LogP contribution in [0.25, 0.3) is 11.3 Å². The summed E-state index contributed by atoms with van der Waals surface area (Å²) in [6.45, 7) is 4.85. The number of anilines is 1. The smallest absolute Gasteiger partial charge is 0.236 e. The fourth-order valence-electron chi connectivity index (χ4n) is 3.07. The summed E-state index contributed by atoms with van der Waals surface area (Å²) in [5.41, 5.74) is 2.67. The summed E-state index contributed by atoms with van der Waals surface area (Å²) in [7, 11) is 0. The minimum Gasteiger partial charge on any atom is -0.486 e. The molecule has 2 aromatic carbocycles. The number of hydrogen-bond donors (Lipinski definition) is 1. The second-order valence-electron chi connectivity index (χ2n) is 7.22. The first kappa shape index (κ1) is 24.5. The average molecular weight is 534 g/mol. The largest absolute Gasteiger partial charge is 0.486 e. The van der Waals surface area contributed by atoms with Crippen molar-refractivity contribution in [2.45, 2.75) is 32.2 Å². The number of halogens is 2. The number of rotatable bonds is 9. The predicted octanol–water partition coefficient (Wildman–Crippen LogP) is 6.35. The monoisotopic (exact) mass is 533 g/mol. The number of carbonyl (C=O) groups is 1. The maximum atomic E-state index is 12.5. The van der Waals surface area contributed by atoms with Crippen molar-refractivity contribution in [2.75, 3.05) is 11.1 Å². The molecule has 4 rings (SSSR count). The predicted molar refractivity (Wildman–Crippen MR) is 138 cm³/mol. The molecule has 0 bridgehead atoms. The van der Waals surface area contributed by atoms with Gasteiger partial charge in [0.1, 0.15) is 12.4 Å². The first-order valence-electron chi connectivity index (χ1n) is 10.4. The van der Waals surface area contributed by atoms with E-state index in [0.717, 1.165) is 16.8 Å². The second kappa shape index (κ2) is 11.2. The van der Waals surface area contributed by atoms with Crippen LogP contribution >= 0.6 is 46.3 Å². The Bertz CT molecular complexity index is 1290. The van der Waals surface area contributed by atoms with Gasteiger partial charge in [-0.15, -0.1) is 21.5 Å². The van der Waals surface area contributed by atoms with Crippen molar-refractivity contribution in [3.63, 3.8) is 0 Å². The Labute approximate surface area is 215 Å². The van der Waals surface area contributed by atoms with Gasteiger partial charge in [-0.25, -0.2) is 4.98 Å². The first-order valence-corrected chi connectivity index (χ1v) is 13.0. The fourth-order valence-corrected chi connectivity index (χ4v) is 4.88. The van der Waals surface area contributed by atoms with Crippen molar-refractivity contribution in [3.8, 4) is 17.0 Å². The average Bonchev–Trinajstić information content (AvgIpc) is 3.45. The number of aryl methyl sites for hydroxylation is 1. The van der Waals surface area contributed by atoms with E-state index in [0.29, 0.717) is 38.5 Å². The maximum Gasteiger partial charge on any atom is 0.236 e. The van der Waals surface area contributed by atoms with E-state index in [1.165, 1.54) is 23.1 Å². The lowest BCUT2D eigenvalue weighted by Crippen LogP contribution is -2.14. The van der Waals surface area contributed by atoms with E-state index in [1.807, 2.05) is 60.2 Å². The topological polar surface area (TPSA) is 81.9 Å². The van der Waals surface area contributed by atoms with Crippen LogP contribution in [0, 0.1) is 6.92 Å². The van der Waals surface area contributed by atoms with E-state index in [9.17, 15) is 4.79 Å². The van der Waals surface area contributed by atoms with Crippen molar-refractivity contribution < 1.29 is 9.53 Å². The Kier molecular flexibility index (Phi) is 8.10. The van der Waals surface area contributed by atoms with E-state index >= 15 is 0 Å². The molecule has 0 fully saturated rings. The maximum absolute atomic E-state index is 12.5. The highest BCUT2D eigenvalue weighted by atomic mass is 35.5. The summed E-state index contributed by atoms with van der Waals surface area (Å²) in [5.74, 6) is 1.42. The molecule has 7 nitrogen and oxygen atoms in total. The van der Waals surface area contributed by atoms with Gasteiger partial charge in [0, 0.05) is 27.5 Å². The number of nitrogens with one attached hydrogen (secondary N) is 1. The molecule has 34 heavy (non-hydrogen) atoms.